The van der Waals surface area contributed by atoms with Crippen LogP contribution in [0.2, 0.25) is 0 Å². The standard InChI is InChI=1S/C25H28N4O2S/c1-17-8-13-22(29(17)18-9-11-19(30-2)12-10-18)24-23(21-7-3-4-14-26-21)27-25(32)28(24)16-20-6-5-15-31-20/h3-4,7-14,20,23-24H,5-6,15-16H2,1-2H3,(H,27,32)/t20-,23-,24-/m1/s1. The van der Waals surface area contributed by atoms with Crippen molar-refractivity contribution in [2.45, 2.75) is 38.0 Å². The highest BCUT2D eigenvalue weighted by Crippen LogP contribution is 2.40. The minimum Gasteiger partial charge on any atom is -0.497 e. The lowest BCUT2D eigenvalue weighted by Crippen LogP contribution is -2.36. The number of nitrogens with one attached hydrogen (secondary N) is 1. The summed E-state index contributed by atoms with van der Waals surface area (Å²) >= 11 is 5.83. The quantitative estimate of drug-likeness (QED) is 0.566. The number of rotatable bonds is 6. The number of aryl methyl sites for hydroxylation is 1. The van der Waals surface area contributed by atoms with Gasteiger partial charge in [0.15, 0.2) is 5.11 Å². The third kappa shape index (κ3) is 3.87. The Kier molecular flexibility index (Phi) is 5.85. The number of benzene rings is 1. The lowest BCUT2D eigenvalue weighted by Gasteiger charge is -2.31. The summed E-state index contributed by atoms with van der Waals surface area (Å²) in [5.74, 6) is 0.843. The van der Waals surface area contributed by atoms with Crippen molar-refractivity contribution in [2.24, 2.45) is 0 Å². The Bertz CT molecular complexity index is 1080. The number of methoxy groups -OCH3 is 1. The van der Waals surface area contributed by atoms with Gasteiger partial charge >= 0.3 is 0 Å². The number of thiocarbonyl (C=S) groups is 1. The molecule has 5 rings (SSSR count). The van der Waals surface area contributed by atoms with Crippen LogP contribution < -0.4 is 10.1 Å². The predicted molar refractivity (Wildman–Crippen MR) is 128 cm³/mol. The fourth-order valence-corrected chi connectivity index (χ4v) is 5.12. The predicted octanol–water partition coefficient (Wildman–Crippen LogP) is 4.34. The second kappa shape index (κ2) is 8.92. The van der Waals surface area contributed by atoms with Crippen LogP contribution in [0, 0.1) is 6.92 Å². The van der Waals surface area contributed by atoms with Gasteiger partial charge < -0.3 is 24.3 Å². The molecule has 0 amide bonds. The van der Waals surface area contributed by atoms with Crippen LogP contribution in [-0.4, -0.2) is 45.9 Å². The summed E-state index contributed by atoms with van der Waals surface area (Å²) in [6, 6.07) is 18.5. The molecular formula is C25H28N4O2S. The van der Waals surface area contributed by atoms with Crippen LogP contribution in [0.25, 0.3) is 5.69 Å². The first-order valence-corrected chi connectivity index (χ1v) is 11.5. The molecule has 0 spiro atoms. The summed E-state index contributed by atoms with van der Waals surface area (Å²) in [6.07, 6.45) is 4.21. The van der Waals surface area contributed by atoms with E-state index in [1.807, 2.05) is 30.5 Å². The maximum Gasteiger partial charge on any atom is 0.170 e. The third-order valence-electron chi connectivity index (χ3n) is 6.36. The van der Waals surface area contributed by atoms with Crippen molar-refractivity contribution >= 4 is 17.3 Å². The molecule has 6 nitrogen and oxygen atoms in total. The first-order valence-electron chi connectivity index (χ1n) is 11.1. The second-order valence-corrected chi connectivity index (χ2v) is 8.73. The van der Waals surface area contributed by atoms with E-state index in [2.05, 4.69) is 57.0 Å². The minimum absolute atomic E-state index is 0.00241. The molecule has 0 saturated carbocycles. The fourth-order valence-electron chi connectivity index (χ4n) is 4.80. The normalized spacial score (nSPS) is 22.9. The Morgan fingerprint density at radius 2 is 2.00 bits per heavy atom. The van der Waals surface area contributed by atoms with Crippen LogP contribution in [0.5, 0.6) is 5.75 Å². The number of pyridine rings is 1. The monoisotopic (exact) mass is 448 g/mol. The van der Waals surface area contributed by atoms with E-state index in [4.69, 9.17) is 21.7 Å². The zero-order valence-corrected chi connectivity index (χ0v) is 19.2. The van der Waals surface area contributed by atoms with Crippen molar-refractivity contribution in [3.05, 3.63) is 77.9 Å². The van der Waals surface area contributed by atoms with Gasteiger partial charge in [0.1, 0.15) is 5.75 Å². The molecule has 1 aromatic carbocycles. The van der Waals surface area contributed by atoms with Gasteiger partial charge in [0, 0.05) is 36.4 Å². The molecule has 7 heteroatoms. The largest absolute Gasteiger partial charge is 0.497 e. The molecule has 32 heavy (non-hydrogen) atoms. The Hall–Kier alpha value is -2.90. The van der Waals surface area contributed by atoms with E-state index in [1.165, 1.54) is 11.4 Å². The van der Waals surface area contributed by atoms with E-state index in [9.17, 15) is 0 Å². The molecule has 1 N–H and O–H groups in total. The van der Waals surface area contributed by atoms with Gasteiger partial charge in [0.2, 0.25) is 0 Å². The van der Waals surface area contributed by atoms with Gasteiger partial charge in [0.25, 0.3) is 0 Å². The molecule has 2 aliphatic rings. The van der Waals surface area contributed by atoms with Crippen LogP contribution >= 0.6 is 12.2 Å². The van der Waals surface area contributed by atoms with E-state index < -0.39 is 0 Å². The molecule has 2 aliphatic heterocycles. The van der Waals surface area contributed by atoms with Crippen LogP contribution in [-0.2, 0) is 4.74 Å². The lowest BCUT2D eigenvalue weighted by atomic mass is 10.0. The molecule has 0 radical (unpaired) electrons. The van der Waals surface area contributed by atoms with Gasteiger partial charge in [-0.1, -0.05) is 6.07 Å². The van der Waals surface area contributed by atoms with Crippen molar-refractivity contribution in [2.75, 3.05) is 20.3 Å². The van der Waals surface area contributed by atoms with Crippen molar-refractivity contribution in [1.82, 2.24) is 19.8 Å². The lowest BCUT2D eigenvalue weighted by molar-refractivity contribution is 0.0836. The minimum atomic E-state index is -0.0450. The Morgan fingerprint density at radius 3 is 2.69 bits per heavy atom. The van der Waals surface area contributed by atoms with Crippen molar-refractivity contribution in [3.63, 3.8) is 0 Å². The highest BCUT2D eigenvalue weighted by atomic mass is 32.1. The zero-order valence-electron chi connectivity index (χ0n) is 18.4. The molecular weight excluding hydrogens is 420 g/mol. The van der Waals surface area contributed by atoms with E-state index in [0.29, 0.717) is 0 Å². The molecule has 2 aromatic heterocycles. The molecule has 4 heterocycles. The smallest absolute Gasteiger partial charge is 0.170 e. The van der Waals surface area contributed by atoms with Gasteiger partial charge in [-0.2, -0.15) is 0 Å². The maximum absolute atomic E-state index is 5.97. The average Bonchev–Trinajstić information content (AvgIpc) is 3.55. The molecule has 166 valence electrons. The number of ether oxygens (including phenoxy) is 2. The number of nitrogens with zero attached hydrogens (tertiary/aromatic N) is 3. The number of hydrogen-bond donors (Lipinski definition) is 1. The Morgan fingerprint density at radius 1 is 1.16 bits per heavy atom. The fraction of sp³-hybridized carbons (Fsp3) is 0.360. The topological polar surface area (TPSA) is 51.5 Å². The Balaban J connectivity index is 1.58. The average molecular weight is 449 g/mol. The SMILES string of the molecule is COc1ccc(-n2c(C)ccc2[C@@H]2[C@@H](c3ccccn3)NC(=S)N2C[C@H]2CCCO2)cc1. The van der Waals surface area contributed by atoms with E-state index in [-0.39, 0.29) is 18.2 Å². The summed E-state index contributed by atoms with van der Waals surface area (Å²) in [5, 5.41) is 4.31. The summed E-state index contributed by atoms with van der Waals surface area (Å²) in [7, 11) is 1.69. The van der Waals surface area contributed by atoms with Crippen molar-refractivity contribution in [3.8, 4) is 11.4 Å². The van der Waals surface area contributed by atoms with Gasteiger partial charge in [-0.25, -0.2) is 0 Å². The van der Waals surface area contributed by atoms with Crippen LogP contribution in [0.3, 0.4) is 0 Å². The van der Waals surface area contributed by atoms with E-state index in [0.717, 1.165) is 48.2 Å². The number of aromatic nitrogens is 2. The summed E-state index contributed by atoms with van der Waals surface area (Å²) < 4.78 is 13.6. The first-order chi connectivity index (χ1) is 15.7. The molecule has 2 saturated heterocycles. The molecule has 3 atom stereocenters. The molecule has 0 aliphatic carbocycles. The van der Waals surface area contributed by atoms with Crippen molar-refractivity contribution in [1.29, 1.82) is 0 Å². The van der Waals surface area contributed by atoms with Crippen LogP contribution in [0.15, 0.2) is 60.8 Å². The van der Waals surface area contributed by atoms with Gasteiger partial charge in [-0.05, 0) is 80.5 Å². The summed E-state index contributed by atoms with van der Waals surface area (Å²) in [4.78, 5) is 6.95. The van der Waals surface area contributed by atoms with Crippen LogP contribution in [0.4, 0.5) is 0 Å². The first kappa shape index (κ1) is 21.0. The highest BCUT2D eigenvalue weighted by molar-refractivity contribution is 7.80. The maximum atomic E-state index is 5.97. The third-order valence-corrected chi connectivity index (χ3v) is 6.71. The molecule has 3 aromatic rings. The second-order valence-electron chi connectivity index (χ2n) is 8.35. The molecule has 2 fully saturated rings. The molecule has 0 bridgehead atoms. The Labute approximate surface area is 194 Å². The van der Waals surface area contributed by atoms with E-state index in [1.54, 1.807) is 7.11 Å². The van der Waals surface area contributed by atoms with Gasteiger partial charge in [-0.15, -0.1) is 0 Å². The van der Waals surface area contributed by atoms with Crippen LogP contribution in [0.1, 0.15) is 42.0 Å². The zero-order chi connectivity index (χ0) is 22.1. The van der Waals surface area contributed by atoms with Crippen molar-refractivity contribution < 1.29 is 9.47 Å². The number of hydrogen-bond acceptors (Lipinski definition) is 4. The molecule has 0 unspecified atom stereocenters. The summed E-state index contributed by atoms with van der Waals surface area (Å²) in [5.41, 5.74) is 4.42. The highest BCUT2D eigenvalue weighted by Gasteiger charge is 2.42. The van der Waals surface area contributed by atoms with Gasteiger partial charge in [0.05, 0.1) is 31.0 Å². The van der Waals surface area contributed by atoms with E-state index >= 15 is 0 Å². The van der Waals surface area contributed by atoms with Gasteiger partial charge in [-0.3, -0.25) is 4.98 Å². The summed E-state index contributed by atoms with van der Waals surface area (Å²) in [6.45, 7) is 3.73.